The van der Waals surface area contributed by atoms with Crippen LogP contribution in [0.3, 0.4) is 0 Å². The van der Waals surface area contributed by atoms with E-state index in [1.54, 1.807) is 37.3 Å². The lowest BCUT2D eigenvalue weighted by Gasteiger charge is -2.04. The molecule has 0 amide bonds. The molecule has 1 rings (SSSR count). The van der Waals surface area contributed by atoms with E-state index in [1.165, 1.54) is 13.3 Å². The summed E-state index contributed by atoms with van der Waals surface area (Å²) in [6.45, 7) is 1.86. The number of esters is 2. The summed E-state index contributed by atoms with van der Waals surface area (Å²) in [7, 11) is 1.30. The number of ether oxygens (including phenoxy) is 2. The highest BCUT2D eigenvalue weighted by atomic mass is 16.5. The lowest BCUT2D eigenvalue weighted by Crippen LogP contribution is -2.08. The highest BCUT2D eigenvalue weighted by Gasteiger charge is 2.09. The third-order valence-electron chi connectivity index (χ3n) is 2.30. The third-order valence-corrected chi connectivity index (χ3v) is 2.30. The van der Waals surface area contributed by atoms with Crippen molar-refractivity contribution in [2.75, 3.05) is 19.0 Å². The fourth-order valence-corrected chi connectivity index (χ4v) is 1.32. The maximum Gasteiger partial charge on any atom is 0.350 e. The molecule has 6 heteroatoms. The molecule has 0 saturated carbocycles. The molecule has 0 aromatic heterocycles. The minimum atomic E-state index is -0.686. The molecule has 1 N–H and O–H groups in total. The Labute approximate surface area is 116 Å². The van der Waals surface area contributed by atoms with Gasteiger partial charge < -0.3 is 14.8 Å². The summed E-state index contributed by atoms with van der Waals surface area (Å²) in [4.78, 5) is 22.6. The van der Waals surface area contributed by atoms with Gasteiger partial charge in [-0.2, -0.15) is 5.26 Å². The summed E-state index contributed by atoms with van der Waals surface area (Å²) in [6, 6.07) is 8.14. The Morgan fingerprint density at radius 1 is 1.35 bits per heavy atom. The van der Waals surface area contributed by atoms with Crippen molar-refractivity contribution in [3.8, 4) is 6.07 Å². The number of nitriles is 1. The van der Waals surface area contributed by atoms with Crippen molar-refractivity contribution in [3.63, 3.8) is 0 Å². The van der Waals surface area contributed by atoms with Crippen molar-refractivity contribution in [1.29, 1.82) is 5.26 Å². The van der Waals surface area contributed by atoms with Crippen LogP contribution >= 0.6 is 0 Å². The zero-order chi connectivity index (χ0) is 15.0. The summed E-state index contributed by atoms with van der Waals surface area (Å²) in [5.74, 6) is -1.12. The van der Waals surface area contributed by atoms with Gasteiger partial charge in [-0.1, -0.05) is 0 Å². The first-order valence-corrected chi connectivity index (χ1v) is 5.84. The topological polar surface area (TPSA) is 88.4 Å². The number of carbonyl (C=O) groups excluding carboxylic acids is 2. The molecule has 0 spiro atoms. The van der Waals surface area contributed by atoms with Crippen LogP contribution < -0.4 is 5.32 Å². The highest BCUT2D eigenvalue weighted by molar-refractivity contribution is 5.93. The van der Waals surface area contributed by atoms with Crippen molar-refractivity contribution >= 4 is 17.6 Å². The van der Waals surface area contributed by atoms with Crippen LogP contribution in [-0.2, 0) is 14.3 Å². The number of nitrogens with zero attached hydrogens (tertiary/aromatic N) is 1. The first-order valence-electron chi connectivity index (χ1n) is 5.84. The monoisotopic (exact) mass is 274 g/mol. The van der Waals surface area contributed by atoms with Gasteiger partial charge in [0.05, 0.1) is 19.3 Å². The normalized spacial score (nSPS) is 10.3. The molecule has 0 aliphatic rings. The van der Waals surface area contributed by atoms with Crippen LogP contribution in [0.2, 0.25) is 0 Å². The average Bonchev–Trinajstić information content (AvgIpc) is 2.48. The molecular formula is C14H14N2O4. The molecule has 0 radical (unpaired) electrons. The van der Waals surface area contributed by atoms with E-state index in [0.29, 0.717) is 11.3 Å². The minimum absolute atomic E-state index is 0.135. The van der Waals surface area contributed by atoms with E-state index in [0.717, 1.165) is 0 Å². The zero-order valence-corrected chi connectivity index (χ0v) is 11.2. The first-order chi connectivity index (χ1) is 9.62. The number of hydrogen-bond donors (Lipinski definition) is 1. The molecule has 1 aromatic rings. The van der Waals surface area contributed by atoms with Gasteiger partial charge in [0.1, 0.15) is 6.07 Å². The zero-order valence-electron chi connectivity index (χ0n) is 11.2. The van der Waals surface area contributed by atoms with E-state index in [9.17, 15) is 9.59 Å². The number of benzene rings is 1. The van der Waals surface area contributed by atoms with Crippen molar-refractivity contribution in [3.05, 3.63) is 41.6 Å². The standard InChI is InChI=1S/C14H14N2O4/c1-3-20-14(18)11(8-15)9-16-12-6-4-10(5-7-12)13(17)19-2/h4-7,9,16H,3H2,1-2H3/b11-9-. The number of rotatable bonds is 5. The minimum Gasteiger partial charge on any atom is -0.465 e. The number of carbonyl (C=O) groups is 2. The molecule has 104 valence electrons. The van der Waals surface area contributed by atoms with Gasteiger partial charge in [0.15, 0.2) is 5.57 Å². The van der Waals surface area contributed by atoms with Gasteiger partial charge in [-0.3, -0.25) is 0 Å². The Balaban J connectivity index is 2.76. The molecule has 0 atom stereocenters. The molecule has 1 aromatic carbocycles. The number of methoxy groups -OCH3 is 1. The van der Waals surface area contributed by atoms with Gasteiger partial charge >= 0.3 is 11.9 Å². The predicted octanol–water partition coefficient (Wildman–Crippen LogP) is 1.86. The van der Waals surface area contributed by atoms with Gasteiger partial charge in [-0.15, -0.1) is 0 Å². The van der Waals surface area contributed by atoms with Crippen LogP contribution in [0, 0.1) is 11.3 Å². The fraction of sp³-hybridized carbons (Fsp3) is 0.214. The second-order valence-electron chi connectivity index (χ2n) is 3.60. The van der Waals surface area contributed by atoms with Gasteiger partial charge in [0.25, 0.3) is 0 Å². The maximum absolute atomic E-state index is 11.4. The molecule has 0 heterocycles. The van der Waals surface area contributed by atoms with Crippen LogP contribution in [0.4, 0.5) is 5.69 Å². The molecule has 0 aliphatic heterocycles. The van der Waals surface area contributed by atoms with Gasteiger partial charge in [-0.05, 0) is 31.2 Å². The summed E-state index contributed by atoms with van der Waals surface area (Å²) >= 11 is 0. The Hall–Kier alpha value is -2.81. The third kappa shape index (κ3) is 4.14. The first kappa shape index (κ1) is 15.2. The maximum atomic E-state index is 11.4. The van der Waals surface area contributed by atoms with Crippen LogP contribution in [0.25, 0.3) is 0 Å². The van der Waals surface area contributed by atoms with E-state index in [2.05, 4.69) is 10.1 Å². The molecule has 0 unspecified atom stereocenters. The van der Waals surface area contributed by atoms with Crippen LogP contribution in [0.1, 0.15) is 17.3 Å². The van der Waals surface area contributed by atoms with E-state index in [4.69, 9.17) is 10.00 Å². The fourth-order valence-electron chi connectivity index (χ4n) is 1.32. The lowest BCUT2D eigenvalue weighted by molar-refractivity contribution is -0.138. The van der Waals surface area contributed by atoms with Crippen LogP contribution in [0.15, 0.2) is 36.0 Å². The Morgan fingerprint density at radius 3 is 2.50 bits per heavy atom. The quantitative estimate of drug-likeness (QED) is 0.501. The average molecular weight is 274 g/mol. The molecular weight excluding hydrogens is 260 g/mol. The Bertz CT molecular complexity index is 556. The highest BCUT2D eigenvalue weighted by Crippen LogP contribution is 2.11. The Kier molecular flexibility index (Phi) is 5.78. The second kappa shape index (κ2) is 7.59. The number of hydrogen-bond acceptors (Lipinski definition) is 6. The molecule has 20 heavy (non-hydrogen) atoms. The number of nitrogens with one attached hydrogen (secondary N) is 1. The molecule has 6 nitrogen and oxygen atoms in total. The van der Waals surface area contributed by atoms with Gasteiger partial charge in [0.2, 0.25) is 0 Å². The molecule has 0 fully saturated rings. The van der Waals surface area contributed by atoms with Crippen LogP contribution in [-0.4, -0.2) is 25.7 Å². The second-order valence-corrected chi connectivity index (χ2v) is 3.60. The van der Waals surface area contributed by atoms with E-state index < -0.39 is 11.9 Å². The summed E-state index contributed by atoms with van der Waals surface area (Å²) in [5, 5.41) is 11.6. The lowest BCUT2D eigenvalue weighted by atomic mass is 10.2. The molecule has 0 saturated heterocycles. The number of anilines is 1. The summed E-state index contributed by atoms with van der Waals surface area (Å²) < 4.78 is 9.29. The van der Waals surface area contributed by atoms with Crippen molar-refractivity contribution < 1.29 is 19.1 Å². The van der Waals surface area contributed by atoms with Gasteiger partial charge in [0, 0.05) is 11.9 Å². The molecule has 0 bridgehead atoms. The van der Waals surface area contributed by atoms with Crippen molar-refractivity contribution in [2.24, 2.45) is 0 Å². The van der Waals surface area contributed by atoms with E-state index in [-0.39, 0.29) is 12.2 Å². The van der Waals surface area contributed by atoms with E-state index >= 15 is 0 Å². The van der Waals surface area contributed by atoms with E-state index in [1.807, 2.05) is 0 Å². The summed E-state index contributed by atoms with van der Waals surface area (Å²) in [6.07, 6.45) is 1.26. The SMILES string of the molecule is CCOC(=O)/C(C#N)=C\Nc1ccc(C(=O)OC)cc1. The Morgan fingerprint density at radius 2 is 2.00 bits per heavy atom. The van der Waals surface area contributed by atoms with Crippen molar-refractivity contribution in [1.82, 2.24) is 0 Å². The van der Waals surface area contributed by atoms with Crippen molar-refractivity contribution in [2.45, 2.75) is 6.92 Å². The summed E-state index contributed by atoms with van der Waals surface area (Å²) in [5.41, 5.74) is 0.895. The van der Waals surface area contributed by atoms with Gasteiger partial charge in [-0.25, -0.2) is 9.59 Å². The smallest absolute Gasteiger partial charge is 0.350 e. The predicted molar refractivity (Wildman–Crippen MR) is 71.7 cm³/mol. The largest absolute Gasteiger partial charge is 0.465 e. The van der Waals surface area contributed by atoms with Crippen LogP contribution in [0.5, 0.6) is 0 Å². The molecule has 0 aliphatic carbocycles.